The van der Waals surface area contributed by atoms with E-state index in [1.165, 1.54) is 17.4 Å². The topological polar surface area (TPSA) is 126 Å². The summed E-state index contributed by atoms with van der Waals surface area (Å²) in [5, 5.41) is 5.66. The minimum atomic E-state index is -0.659. The fourth-order valence-electron chi connectivity index (χ4n) is 2.30. The van der Waals surface area contributed by atoms with Crippen LogP contribution in [0.3, 0.4) is 0 Å². The number of carbonyl (C=O) groups excluding carboxylic acids is 2. The quantitative estimate of drug-likeness (QED) is 0.695. The van der Waals surface area contributed by atoms with Crippen molar-refractivity contribution in [2.75, 3.05) is 23.8 Å². The number of rotatable bonds is 3. The van der Waals surface area contributed by atoms with Crippen LogP contribution >= 0.6 is 22.9 Å². The zero-order chi connectivity index (χ0) is 17.3. The molecule has 0 saturated carbocycles. The molecule has 1 aliphatic rings. The van der Waals surface area contributed by atoms with Gasteiger partial charge in [0.2, 0.25) is 5.28 Å². The summed E-state index contributed by atoms with van der Waals surface area (Å²) in [6.45, 7) is 1.20. The average Bonchev–Trinajstić information content (AvgIpc) is 2.95. The molecule has 3 amide bonds. The molecule has 0 spiro atoms. The highest BCUT2D eigenvalue weighted by Gasteiger charge is 2.23. The predicted octanol–water partition coefficient (Wildman–Crippen LogP) is 0.999. The number of aromatic nitrogens is 3. The van der Waals surface area contributed by atoms with Crippen molar-refractivity contribution in [3.05, 3.63) is 27.6 Å². The number of anilines is 2. The summed E-state index contributed by atoms with van der Waals surface area (Å²) >= 11 is 7.27. The Morgan fingerprint density at radius 3 is 2.88 bits per heavy atom. The number of nitrogens with zero attached hydrogens (tertiary/aromatic N) is 4. The monoisotopic (exact) mass is 367 g/mol. The lowest BCUT2D eigenvalue weighted by atomic mass is 10.2. The summed E-state index contributed by atoms with van der Waals surface area (Å²) in [5.41, 5.74) is 6.27. The fraction of sp³-hybridized carbons (Fsp3) is 0.308. The standard InChI is InChI=1S/C13H14ClN7O2S/c1-16-12(23)20-13-18-6-2-3-21(5-8(6)24-13)9-4-7(10(15)22)17-11(14)19-9/h4H,2-3,5H2,1H3,(H2,15,22)(H2,16,18,20,23). The van der Waals surface area contributed by atoms with Crippen molar-refractivity contribution in [2.45, 2.75) is 13.0 Å². The van der Waals surface area contributed by atoms with Gasteiger partial charge in [0, 0.05) is 31.0 Å². The molecular weight excluding hydrogens is 354 g/mol. The molecule has 3 rings (SSSR count). The van der Waals surface area contributed by atoms with E-state index in [1.807, 2.05) is 4.90 Å². The highest BCUT2D eigenvalue weighted by atomic mass is 35.5. The summed E-state index contributed by atoms with van der Waals surface area (Å²) < 4.78 is 0. The number of nitrogens with two attached hydrogens (primary N) is 1. The summed E-state index contributed by atoms with van der Waals surface area (Å²) in [5.74, 6) is -0.128. The smallest absolute Gasteiger partial charge is 0.320 e. The van der Waals surface area contributed by atoms with Gasteiger partial charge in [0.15, 0.2) is 5.13 Å². The number of hydrogen-bond donors (Lipinski definition) is 3. The highest BCUT2D eigenvalue weighted by Crippen LogP contribution is 2.30. The first-order valence-corrected chi connectivity index (χ1v) is 8.22. The van der Waals surface area contributed by atoms with Crippen LogP contribution in [0.5, 0.6) is 0 Å². The van der Waals surface area contributed by atoms with E-state index in [2.05, 4.69) is 25.6 Å². The zero-order valence-corrected chi connectivity index (χ0v) is 14.2. The van der Waals surface area contributed by atoms with E-state index in [1.54, 1.807) is 7.05 Å². The molecule has 0 fully saturated rings. The van der Waals surface area contributed by atoms with Crippen LogP contribution < -0.4 is 21.3 Å². The number of thiazole rings is 1. The molecule has 0 bridgehead atoms. The second-order valence-electron chi connectivity index (χ2n) is 5.01. The number of fused-ring (bicyclic) bond motifs is 1. The number of hydrogen-bond acceptors (Lipinski definition) is 7. The Kier molecular flexibility index (Phi) is 4.49. The Labute approximate surface area is 146 Å². The van der Waals surface area contributed by atoms with Crippen molar-refractivity contribution in [2.24, 2.45) is 5.73 Å². The maximum atomic E-state index is 11.4. The van der Waals surface area contributed by atoms with Gasteiger partial charge >= 0.3 is 6.03 Å². The largest absolute Gasteiger partial charge is 0.364 e. The highest BCUT2D eigenvalue weighted by molar-refractivity contribution is 7.15. The van der Waals surface area contributed by atoms with Crippen LogP contribution in [0.15, 0.2) is 6.07 Å². The van der Waals surface area contributed by atoms with Crippen LogP contribution in [0.4, 0.5) is 15.7 Å². The third-order valence-corrected chi connectivity index (χ3v) is 4.61. The van der Waals surface area contributed by atoms with Crippen LogP contribution in [0, 0.1) is 0 Å². The van der Waals surface area contributed by atoms with Crippen LogP contribution in [0.1, 0.15) is 21.1 Å². The second-order valence-corrected chi connectivity index (χ2v) is 6.43. The van der Waals surface area contributed by atoms with Gasteiger partial charge in [0.25, 0.3) is 5.91 Å². The first-order chi connectivity index (χ1) is 11.5. The third-order valence-electron chi connectivity index (χ3n) is 3.44. The van der Waals surface area contributed by atoms with Gasteiger partial charge in [0.05, 0.1) is 12.2 Å². The summed E-state index contributed by atoms with van der Waals surface area (Å²) in [4.78, 5) is 38.1. The maximum absolute atomic E-state index is 11.4. The lowest BCUT2D eigenvalue weighted by molar-refractivity contribution is 0.0995. The molecule has 24 heavy (non-hydrogen) atoms. The Balaban J connectivity index is 1.82. The van der Waals surface area contributed by atoms with Crippen molar-refractivity contribution in [3.8, 4) is 0 Å². The van der Waals surface area contributed by atoms with E-state index in [0.29, 0.717) is 30.5 Å². The van der Waals surface area contributed by atoms with Gasteiger partial charge in [-0.25, -0.2) is 19.7 Å². The normalized spacial score (nSPS) is 13.3. The Bertz CT molecular complexity index is 810. The molecule has 3 heterocycles. The summed E-state index contributed by atoms with van der Waals surface area (Å²) in [6, 6.07) is 1.20. The Morgan fingerprint density at radius 1 is 1.38 bits per heavy atom. The van der Waals surface area contributed by atoms with Gasteiger partial charge in [0.1, 0.15) is 11.5 Å². The minimum Gasteiger partial charge on any atom is -0.364 e. The van der Waals surface area contributed by atoms with Gasteiger partial charge < -0.3 is 16.0 Å². The van der Waals surface area contributed by atoms with Crippen LogP contribution in [0.2, 0.25) is 5.28 Å². The Morgan fingerprint density at radius 2 is 2.17 bits per heavy atom. The van der Waals surface area contributed by atoms with E-state index < -0.39 is 5.91 Å². The van der Waals surface area contributed by atoms with E-state index in [9.17, 15) is 9.59 Å². The van der Waals surface area contributed by atoms with Gasteiger partial charge in [-0.3, -0.25) is 10.1 Å². The molecule has 0 radical (unpaired) electrons. The molecule has 0 atom stereocenters. The van der Waals surface area contributed by atoms with Crippen LogP contribution in [-0.2, 0) is 13.0 Å². The lowest BCUT2D eigenvalue weighted by Crippen LogP contribution is -2.31. The van der Waals surface area contributed by atoms with Crippen molar-refractivity contribution in [1.29, 1.82) is 0 Å². The van der Waals surface area contributed by atoms with Crippen molar-refractivity contribution in [1.82, 2.24) is 20.3 Å². The second kappa shape index (κ2) is 6.57. The van der Waals surface area contributed by atoms with Gasteiger partial charge in [-0.05, 0) is 11.6 Å². The van der Waals surface area contributed by atoms with Crippen molar-refractivity contribution < 1.29 is 9.59 Å². The van der Waals surface area contributed by atoms with E-state index in [0.717, 1.165) is 10.6 Å². The number of carbonyl (C=O) groups is 2. The van der Waals surface area contributed by atoms with Crippen molar-refractivity contribution in [3.63, 3.8) is 0 Å². The molecule has 2 aromatic heterocycles. The average molecular weight is 368 g/mol. The van der Waals surface area contributed by atoms with E-state index in [4.69, 9.17) is 17.3 Å². The molecule has 0 aliphatic carbocycles. The van der Waals surface area contributed by atoms with Crippen molar-refractivity contribution >= 4 is 45.8 Å². The Hall–Kier alpha value is -2.46. The summed E-state index contributed by atoms with van der Waals surface area (Å²) in [7, 11) is 1.54. The molecule has 11 heteroatoms. The molecule has 0 saturated heterocycles. The fourth-order valence-corrected chi connectivity index (χ4v) is 3.49. The predicted molar refractivity (Wildman–Crippen MR) is 90.5 cm³/mol. The molecule has 4 N–H and O–H groups in total. The maximum Gasteiger partial charge on any atom is 0.320 e. The number of primary amides is 1. The molecule has 9 nitrogen and oxygen atoms in total. The number of halogens is 1. The third kappa shape index (κ3) is 3.39. The lowest BCUT2D eigenvalue weighted by Gasteiger charge is -2.27. The van der Waals surface area contributed by atoms with E-state index >= 15 is 0 Å². The molecule has 2 aromatic rings. The molecule has 0 unspecified atom stereocenters. The number of nitrogens with one attached hydrogen (secondary N) is 2. The van der Waals surface area contributed by atoms with Gasteiger partial charge in [-0.1, -0.05) is 11.3 Å². The molecule has 126 valence electrons. The van der Waals surface area contributed by atoms with Crippen LogP contribution in [0.25, 0.3) is 0 Å². The van der Waals surface area contributed by atoms with Crippen LogP contribution in [-0.4, -0.2) is 40.5 Å². The number of urea groups is 1. The number of amides is 3. The first-order valence-electron chi connectivity index (χ1n) is 7.03. The van der Waals surface area contributed by atoms with Gasteiger partial charge in [-0.15, -0.1) is 0 Å². The summed E-state index contributed by atoms with van der Waals surface area (Å²) in [6.07, 6.45) is 0.689. The molecule has 0 aromatic carbocycles. The van der Waals surface area contributed by atoms with E-state index in [-0.39, 0.29) is 17.0 Å². The van der Waals surface area contributed by atoms with Gasteiger partial charge in [-0.2, -0.15) is 0 Å². The zero-order valence-electron chi connectivity index (χ0n) is 12.7. The SMILES string of the molecule is CNC(=O)Nc1nc2c(s1)CN(c1cc(C(N)=O)nc(Cl)n1)CC2. The molecule has 1 aliphatic heterocycles. The molecular formula is C13H14ClN7O2S. The first kappa shape index (κ1) is 16.4. The minimum absolute atomic E-state index is 0.0293.